The SMILES string of the molecule is CC(C)(C)OC(=O)N1C[C@H](Oc2cccc([N+](=O)[O-])c2)[C@@H](O)C1. The molecule has 0 bridgehead atoms. The highest BCUT2D eigenvalue weighted by Crippen LogP contribution is 2.24. The lowest BCUT2D eigenvalue weighted by Gasteiger charge is -2.24. The van der Waals surface area contributed by atoms with Crippen molar-refractivity contribution in [2.24, 2.45) is 0 Å². The number of β-amino-alcohol motifs (C(OH)–C–C–N with tert-alkyl or cyclic N) is 1. The zero-order valence-electron chi connectivity index (χ0n) is 13.3. The van der Waals surface area contributed by atoms with Gasteiger partial charge < -0.3 is 19.5 Å². The second-order valence-corrected chi connectivity index (χ2v) is 6.36. The average molecular weight is 324 g/mol. The molecule has 1 amide bonds. The maximum Gasteiger partial charge on any atom is 0.410 e. The summed E-state index contributed by atoms with van der Waals surface area (Å²) in [5.41, 5.74) is -0.722. The number of nitro benzene ring substituents is 1. The quantitative estimate of drug-likeness (QED) is 0.673. The second kappa shape index (κ2) is 6.41. The Morgan fingerprint density at radius 3 is 2.70 bits per heavy atom. The van der Waals surface area contributed by atoms with E-state index in [9.17, 15) is 20.0 Å². The Balaban J connectivity index is 2.01. The molecule has 1 saturated heterocycles. The number of nitrogens with zero attached hydrogens (tertiary/aromatic N) is 2. The Kier molecular flexibility index (Phi) is 4.74. The normalized spacial score (nSPS) is 21.1. The molecule has 1 aromatic carbocycles. The van der Waals surface area contributed by atoms with Crippen molar-refractivity contribution in [2.45, 2.75) is 38.6 Å². The van der Waals surface area contributed by atoms with Crippen LogP contribution in [0.15, 0.2) is 24.3 Å². The summed E-state index contributed by atoms with van der Waals surface area (Å²) in [5, 5.41) is 20.8. The van der Waals surface area contributed by atoms with Gasteiger partial charge in [0.15, 0.2) is 0 Å². The maximum atomic E-state index is 12.0. The molecule has 2 atom stereocenters. The van der Waals surface area contributed by atoms with Gasteiger partial charge in [0.1, 0.15) is 23.6 Å². The van der Waals surface area contributed by atoms with Gasteiger partial charge in [-0.2, -0.15) is 0 Å². The van der Waals surface area contributed by atoms with E-state index >= 15 is 0 Å². The zero-order chi connectivity index (χ0) is 17.2. The highest BCUT2D eigenvalue weighted by Gasteiger charge is 2.37. The van der Waals surface area contributed by atoms with E-state index in [0.717, 1.165) is 0 Å². The molecular weight excluding hydrogens is 304 g/mol. The van der Waals surface area contributed by atoms with Crippen molar-refractivity contribution < 1.29 is 24.3 Å². The van der Waals surface area contributed by atoms with Crippen molar-refractivity contribution in [3.8, 4) is 5.75 Å². The lowest BCUT2D eigenvalue weighted by molar-refractivity contribution is -0.385. The standard InChI is InChI=1S/C15H20N2O6/c1-15(2,3)23-14(19)16-8-12(18)13(9-16)22-11-6-4-5-10(7-11)17(20)21/h4-7,12-13,18H,8-9H2,1-3H3/t12-,13-/m0/s1. The summed E-state index contributed by atoms with van der Waals surface area (Å²) in [6.45, 7) is 5.52. The summed E-state index contributed by atoms with van der Waals surface area (Å²) in [4.78, 5) is 23.6. The summed E-state index contributed by atoms with van der Waals surface area (Å²) < 4.78 is 10.8. The number of rotatable bonds is 3. The van der Waals surface area contributed by atoms with Crippen molar-refractivity contribution in [3.05, 3.63) is 34.4 Å². The number of amides is 1. The van der Waals surface area contributed by atoms with Crippen LogP contribution < -0.4 is 4.74 Å². The number of hydrogen-bond donors (Lipinski definition) is 1. The molecule has 0 aliphatic carbocycles. The van der Waals surface area contributed by atoms with Crippen molar-refractivity contribution in [2.75, 3.05) is 13.1 Å². The average Bonchev–Trinajstić information content (AvgIpc) is 2.79. The lowest BCUT2D eigenvalue weighted by Crippen LogP contribution is -2.36. The smallest absolute Gasteiger partial charge is 0.410 e. The molecule has 0 radical (unpaired) electrons. The topological polar surface area (TPSA) is 102 Å². The molecule has 1 heterocycles. The number of nitro groups is 1. The van der Waals surface area contributed by atoms with Crippen LogP contribution in [0.4, 0.5) is 10.5 Å². The molecule has 1 aromatic rings. The lowest BCUT2D eigenvalue weighted by atomic mass is 10.2. The Bertz CT molecular complexity index is 598. The largest absolute Gasteiger partial charge is 0.486 e. The van der Waals surface area contributed by atoms with E-state index in [4.69, 9.17) is 9.47 Å². The van der Waals surface area contributed by atoms with E-state index in [1.807, 2.05) is 0 Å². The van der Waals surface area contributed by atoms with Gasteiger partial charge in [-0.05, 0) is 26.8 Å². The number of carbonyl (C=O) groups is 1. The zero-order valence-corrected chi connectivity index (χ0v) is 13.3. The van der Waals surface area contributed by atoms with E-state index < -0.39 is 28.8 Å². The summed E-state index contributed by atoms with van der Waals surface area (Å²) in [7, 11) is 0. The molecule has 0 unspecified atom stereocenters. The first-order valence-corrected chi connectivity index (χ1v) is 7.23. The summed E-state index contributed by atoms with van der Waals surface area (Å²) in [5.74, 6) is 0.272. The second-order valence-electron chi connectivity index (χ2n) is 6.36. The summed E-state index contributed by atoms with van der Waals surface area (Å²) in [6.07, 6.45) is -2.08. The molecule has 2 rings (SSSR count). The number of benzene rings is 1. The number of carbonyl (C=O) groups excluding carboxylic acids is 1. The van der Waals surface area contributed by atoms with Gasteiger partial charge in [-0.15, -0.1) is 0 Å². The van der Waals surface area contributed by atoms with Crippen LogP contribution in [0, 0.1) is 10.1 Å². The highest BCUT2D eigenvalue weighted by molar-refractivity contribution is 5.68. The number of non-ortho nitro benzene ring substituents is 1. The van der Waals surface area contributed by atoms with Crippen LogP contribution >= 0.6 is 0 Å². The molecule has 0 saturated carbocycles. The Morgan fingerprint density at radius 2 is 2.09 bits per heavy atom. The molecule has 1 fully saturated rings. The highest BCUT2D eigenvalue weighted by atomic mass is 16.6. The van der Waals surface area contributed by atoms with Crippen LogP contribution in [0.1, 0.15) is 20.8 Å². The van der Waals surface area contributed by atoms with Crippen molar-refractivity contribution in [1.82, 2.24) is 4.90 Å². The summed E-state index contributed by atoms with van der Waals surface area (Å²) in [6, 6.07) is 5.70. The van der Waals surface area contributed by atoms with Gasteiger partial charge in [-0.1, -0.05) is 6.07 Å². The van der Waals surface area contributed by atoms with Gasteiger partial charge in [0.25, 0.3) is 5.69 Å². The van der Waals surface area contributed by atoms with E-state index in [0.29, 0.717) is 0 Å². The predicted molar refractivity (Wildman–Crippen MR) is 81.3 cm³/mol. The van der Waals surface area contributed by atoms with Crippen LogP contribution in [0.25, 0.3) is 0 Å². The van der Waals surface area contributed by atoms with Gasteiger partial charge in [-0.25, -0.2) is 4.79 Å². The number of aliphatic hydroxyl groups is 1. The van der Waals surface area contributed by atoms with Crippen LogP contribution in [-0.4, -0.2) is 51.9 Å². The molecule has 8 heteroatoms. The number of hydrogen-bond acceptors (Lipinski definition) is 6. The molecule has 1 aliphatic rings. The fourth-order valence-electron chi connectivity index (χ4n) is 2.19. The molecular formula is C15H20N2O6. The molecule has 0 aromatic heterocycles. The molecule has 126 valence electrons. The maximum absolute atomic E-state index is 12.0. The molecule has 0 spiro atoms. The van der Waals surface area contributed by atoms with Crippen molar-refractivity contribution >= 4 is 11.8 Å². The van der Waals surface area contributed by atoms with Gasteiger partial charge in [-0.3, -0.25) is 10.1 Å². The van der Waals surface area contributed by atoms with Crippen LogP contribution in [0.5, 0.6) is 5.75 Å². The Hall–Kier alpha value is -2.35. The van der Waals surface area contributed by atoms with Crippen LogP contribution in [-0.2, 0) is 4.74 Å². The third kappa shape index (κ3) is 4.56. The first kappa shape index (κ1) is 17.0. The number of aliphatic hydroxyl groups excluding tert-OH is 1. The molecule has 1 N–H and O–H groups in total. The van der Waals surface area contributed by atoms with Gasteiger partial charge in [0.2, 0.25) is 0 Å². The van der Waals surface area contributed by atoms with E-state index in [2.05, 4.69) is 0 Å². The predicted octanol–water partition coefficient (Wildman–Crippen LogP) is 1.95. The number of likely N-dealkylation sites (tertiary alicyclic amines) is 1. The minimum absolute atomic E-state index is 0.0918. The third-order valence-corrected chi connectivity index (χ3v) is 3.20. The Labute approximate surface area is 133 Å². The molecule has 1 aliphatic heterocycles. The van der Waals surface area contributed by atoms with E-state index in [-0.39, 0.29) is 24.5 Å². The molecule has 8 nitrogen and oxygen atoms in total. The first-order chi connectivity index (χ1) is 10.7. The van der Waals surface area contributed by atoms with Gasteiger partial charge in [0.05, 0.1) is 24.1 Å². The van der Waals surface area contributed by atoms with Crippen LogP contribution in [0.2, 0.25) is 0 Å². The summed E-state index contributed by atoms with van der Waals surface area (Å²) >= 11 is 0. The molecule has 23 heavy (non-hydrogen) atoms. The monoisotopic (exact) mass is 324 g/mol. The Morgan fingerprint density at radius 1 is 1.39 bits per heavy atom. The minimum atomic E-state index is -0.887. The third-order valence-electron chi connectivity index (χ3n) is 3.20. The first-order valence-electron chi connectivity index (χ1n) is 7.23. The van der Waals surface area contributed by atoms with Crippen LogP contribution in [0.3, 0.4) is 0 Å². The number of ether oxygens (including phenoxy) is 2. The van der Waals surface area contributed by atoms with E-state index in [1.165, 1.54) is 23.1 Å². The van der Waals surface area contributed by atoms with Crippen molar-refractivity contribution in [3.63, 3.8) is 0 Å². The van der Waals surface area contributed by atoms with E-state index in [1.54, 1.807) is 26.8 Å². The van der Waals surface area contributed by atoms with Gasteiger partial charge in [0, 0.05) is 6.07 Å². The minimum Gasteiger partial charge on any atom is -0.486 e. The fraction of sp³-hybridized carbons (Fsp3) is 0.533. The fourth-order valence-corrected chi connectivity index (χ4v) is 2.19. The van der Waals surface area contributed by atoms with Gasteiger partial charge >= 0.3 is 6.09 Å². The van der Waals surface area contributed by atoms with Crippen molar-refractivity contribution in [1.29, 1.82) is 0 Å².